The van der Waals surface area contributed by atoms with Crippen LogP contribution in [-0.2, 0) is 9.09 Å². The third-order valence-corrected chi connectivity index (χ3v) is 6.78. The Labute approximate surface area is 152 Å². The van der Waals surface area contributed by atoms with Gasteiger partial charge in [-0.05, 0) is 19.3 Å². The van der Waals surface area contributed by atoms with Crippen molar-refractivity contribution in [1.29, 1.82) is 0 Å². The molecular formula is C13H25Cl2N4O4P. The molecule has 2 heterocycles. The Kier molecular flexibility index (Phi) is 8.07. The number of alkyl halides is 2. The van der Waals surface area contributed by atoms with E-state index in [0.717, 1.165) is 19.3 Å². The molecule has 2 fully saturated rings. The fourth-order valence-electron chi connectivity index (χ4n) is 2.85. The lowest BCUT2D eigenvalue weighted by molar-refractivity contribution is -0.104. The minimum absolute atomic E-state index is 0.167. The molecule has 8 nitrogen and oxygen atoms in total. The molecule has 2 N–H and O–H groups in total. The molecule has 0 aliphatic carbocycles. The van der Waals surface area contributed by atoms with Crippen LogP contribution in [0.15, 0.2) is 0 Å². The lowest BCUT2D eigenvalue weighted by atomic mass is 10.1. The van der Waals surface area contributed by atoms with Crippen molar-refractivity contribution in [3.8, 4) is 0 Å². The standard InChI is InChI=1S/C13H25Cl2N4O4P/c14-5-9-18(10-6-15)24(22)16-12(4-11-23-24)19(21)13(20)17-7-2-1-3-8-17/h12,21H,1-11H2,(H,16,22). The molecule has 0 aromatic heterocycles. The average molecular weight is 403 g/mol. The van der Waals surface area contributed by atoms with Crippen molar-refractivity contribution in [3.63, 3.8) is 0 Å². The summed E-state index contributed by atoms with van der Waals surface area (Å²) in [6, 6.07) is -0.470. The maximum atomic E-state index is 13.0. The van der Waals surface area contributed by atoms with Crippen molar-refractivity contribution >= 4 is 36.9 Å². The molecule has 0 radical (unpaired) electrons. The summed E-state index contributed by atoms with van der Waals surface area (Å²) in [6.45, 7) is 2.08. The predicted octanol–water partition coefficient (Wildman–Crippen LogP) is 2.51. The average Bonchev–Trinajstić information content (AvgIpc) is 2.61. The van der Waals surface area contributed by atoms with Crippen LogP contribution in [0.2, 0.25) is 0 Å². The van der Waals surface area contributed by atoms with Gasteiger partial charge in [0.25, 0.3) is 0 Å². The Morgan fingerprint density at radius 3 is 2.46 bits per heavy atom. The van der Waals surface area contributed by atoms with E-state index in [-0.39, 0.29) is 18.4 Å². The smallest absolute Gasteiger partial charge is 0.323 e. The molecule has 2 amide bonds. The summed E-state index contributed by atoms with van der Waals surface area (Å²) in [7, 11) is -3.40. The van der Waals surface area contributed by atoms with Crippen LogP contribution in [0.5, 0.6) is 0 Å². The van der Waals surface area contributed by atoms with Gasteiger partial charge in [0.05, 0.1) is 6.61 Å². The molecule has 2 atom stereocenters. The summed E-state index contributed by atoms with van der Waals surface area (Å²) < 4.78 is 20.0. The number of hydrogen-bond donors (Lipinski definition) is 2. The number of carbonyl (C=O) groups excluding carboxylic acids is 1. The van der Waals surface area contributed by atoms with Gasteiger partial charge in [-0.15, -0.1) is 23.2 Å². The van der Waals surface area contributed by atoms with Gasteiger partial charge in [-0.25, -0.2) is 14.6 Å². The Balaban J connectivity index is 2.02. The SMILES string of the molecule is O=C(N1CCCCC1)N(O)C1CCOP(=O)(N(CCCl)CCCl)N1. The van der Waals surface area contributed by atoms with Crippen LogP contribution < -0.4 is 5.09 Å². The molecule has 2 rings (SSSR count). The molecule has 24 heavy (non-hydrogen) atoms. The van der Waals surface area contributed by atoms with Gasteiger partial charge in [0.2, 0.25) is 0 Å². The van der Waals surface area contributed by atoms with Gasteiger partial charge >= 0.3 is 13.7 Å². The highest BCUT2D eigenvalue weighted by atomic mass is 35.5. The van der Waals surface area contributed by atoms with Crippen molar-refractivity contribution in [1.82, 2.24) is 19.7 Å². The maximum Gasteiger partial charge on any atom is 0.345 e. The number of hydroxylamine groups is 2. The zero-order chi connectivity index (χ0) is 17.6. The van der Waals surface area contributed by atoms with Gasteiger partial charge in [0.1, 0.15) is 6.17 Å². The van der Waals surface area contributed by atoms with E-state index in [1.54, 1.807) is 9.57 Å². The second-order valence-electron chi connectivity index (χ2n) is 5.79. The van der Waals surface area contributed by atoms with E-state index in [9.17, 15) is 14.6 Å². The van der Waals surface area contributed by atoms with E-state index in [0.29, 0.717) is 37.7 Å². The molecule has 0 spiro atoms. The van der Waals surface area contributed by atoms with Crippen molar-refractivity contribution < 1.29 is 19.1 Å². The van der Waals surface area contributed by atoms with Crippen LogP contribution in [0, 0.1) is 0 Å². The molecular weight excluding hydrogens is 378 g/mol. The largest absolute Gasteiger partial charge is 0.345 e. The topological polar surface area (TPSA) is 85.4 Å². The fourth-order valence-corrected chi connectivity index (χ4v) is 5.59. The number of carbonyl (C=O) groups is 1. The molecule has 0 bridgehead atoms. The van der Waals surface area contributed by atoms with Crippen LogP contribution in [-0.4, -0.2) is 76.6 Å². The second-order valence-corrected chi connectivity index (χ2v) is 8.67. The van der Waals surface area contributed by atoms with Gasteiger partial charge in [0, 0.05) is 44.4 Å². The quantitative estimate of drug-likeness (QED) is 0.307. The lowest BCUT2D eigenvalue weighted by Gasteiger charge is -2.40. The second kappa shape index (κ2) is 9.57. The number of amides is 2. The fraction of sp³-hybridized carbons (Fsp3) is 0.923. The number of nitrogens with zero attached hydrogens (tertiary/aromatic N) is 3. The minimum atomic E-state index is -3.40. The summed E-state index contributed by atoms with van der Waals surface area (Å²) in [4.78, 5) is 14.0. The highest BCUT2D eigenvalue weighted by Crippen LogP contribution is 2.49. The van der Waals surface area contributed by atoms with Crippen LogP contribution in [0.3, 0.4) is 0 Å². The number of hydrogen-bond acceptors (Lipinski definition) is 4. The first kappa shape index (κ1) is 20.2. The Morgan fingerprint density at radius 1 is 1.25 bits per heavy atom. The van der Waals surface area contributed by atoms with E-state index >= 15 is 0 Å². The van der Waals surface area contributed by atoms with Crippen molar-refractivity contribution in [2.24, 2.45) is 0 Å². The molecule has 2 aliphatic rings. The Morgan fingerprint density at radius 2 is 1.88 bits per heavy atom. The minimum Gasteiger partial charge on any atom is -0.323 e. The van der Waals surface area contributed by atoms with Gasteiger partial charge in [-0.1, -0.05) is 0 Å². The van der Waals surface area contributed by atoms with Gasteiger partial charge in [-0.2, -0.15) is 5.06 Å². The highest BCUT2D eigenvalue weighted by molar-refractivity contribution is 7.54. The van der Waals surface area contributed by atoms with Gasteiger partial charge in [0.15, 0.2) is 0 Å². The number of piperidine rings is 1. The lowest BCUT2D eigenvalue weighted by Crippen LogP contribution is -2.55. The van der Waals surface area contributed by atoms with Crippen molar-refractivity contribution in [2.45, 2.75) is 31.8 Å². The predicted molar refractivity (Wildman–Crippen MR) is 92.6 cm³/mol. The number of likely N-dealkylation sites (tertiary alicyclic amines) is 1. The summed E-state index contributed by atoms with van der Waals surface area (Å²) in [5, 5.41) is 13.7. The third kappa shape index (κ3) is 4.97. The zero-order valence-electron chi connectivity index (χ0n) is 13.6. The van der Waals surface area contributed by atoms with E-state index < -0.39 is 19.9 Å². The molecule has 0 saturated carbocycles. The first-order valence-electron chi connectivity index (χ1n) is 8.18. The zero-order valence-corrected chi connectivity index (χ0v) is 16.0. The summed E-state index contributed by atoms with van der Waals surface area (Å²) >= 11 is 11.5. The molecule has 0 aromatic carbocycles. The first-order chi connectivity index (χ1) is 11.5. The van der Waals surface area contributed by atoms with Gasteiger partial charge in [-0.3, -0.25) is 9.77 Å². The van der Waals surface area contributed by atoms with Crippen molar-refractivity contribution in [3.05, 3.63) is 0 Å². The van der Waals surface area contributed by atoms with Crippen LogP contribution in [0.25, 0.3) is 0 Å². The van der Waals surface area contributed by atoms with Gasteiger partial charge < -0.3 is 9.42 Å². The van der Waals surface area contributed by atoms with E-state index in [2.05, 4.69) is 5.09 Å². The van der Waals surface area contributed by atoms with Crippen LogP contribution >= 0.6 is 30.9 Å². The number of urea groups is 1. The van der Waals surface area contributed by atoms with Crippen LogP contribution in [0.4, 0.5) is 4.79 Å². The van der Waals surface area contributed by atoms with E-state index in [1.165, 1.54) is 0 Å². The monoisotopic (exact) mass is 402 g/mol. The Bertz CT molecular complexity index is 461. The van der Waals surface area contributed by atoms with Crippen molar-refractivity contribution in [2.75, 3.05) is 44.5 Å². The summed E-state index contributed by atoms with van der Waals surface area (Å²) in [5.74, 6) is 0.540. The molecule has 2 aliphatic heterocycles. The molecule has 2 unspecified atom stereocenters. The Hall–Kier alpha value is -0.0800. The molecule has 11 heteroatoms. The molecule has 0 aromatic rings. The maximum absolute atomic E-state index is 13.0. The van der Waals surface area contributed by atoms with E-state index in [4.69, 9.17) is 27.7 Å². The number of nitrogens with one attached hydrogen (secondary N) is 1. The number of halogens is 2. The summed E-state index contributed by atoms with van der Waals surface area (Å²) in [5.41, 5.74) is 0. The first-order valence-corrected chi connectivity index (χ1v) is 10.8. The number of rotatable bonds is 6. The molecule has 2 saturated heterocycles. The molecule has 140 valence electrons. The summed E-state index contributed by atoms with van der Waals surface area (Å²) in [6.07, 6.45) is 2.52. The third-order valence-electron chi connectivity index (χ3n) is 4.15. The normalized spacial score (nSPS) is 28.2. The van der Waals surface area contributed by atoms with E-state index in [1.807, 2.05) is 0 Å². The van der Waals surface area contributed by atoms with Crippen LogP contribution in [0.1, 0.15) is 25.7 Å². The highest BCUT2D eigenvalue weighted by Gasteiger charge is 2.41.